The summed E-state index contributed by atoms with van der Waals surface area (Å²) in [5, 5.41) is 0. The molecule has 1 aliphatic heterocycles. The van der Waals surface area contributed by atoms with Crippen molar-refractivity contribution in [1.82, 2.24) is 0 Å². The predicted octanol–water partition coefficient (Wildman–Crippen LogP) is 2.55. The second-order valence-electron chi connectivity index (χ2n) is 4.05. The van der Waals surface area contributed by atoms with E-state index in [4.69, 9.17) is 4.74 Å². The van der Waals surface area contributed by atoms with Gasteiger partial charge in [0.05, 0.1) is 5.57 Å². The van der Waals surface area contributed by atoms with Crippen LogP contribution in [0.4, 0.5) is 0 Å². The Kier molecular flexibility index (Phi) is 1.88. The summed E-state index contributed by atoms with van der Waals surface area (Å²) in [6.07, 6.45) is 3.23. The summed E-state index contributed by atoms with van der Waals surface area (Å²) in [5.74, 6) is -0.138. The van der Waals surface area contributed by atoms with Crippen molar-refractivity contribution < 1.29 is 9.53 Å². The Bertz CT molecular complexity index is 431. The van der Waals surface area contributed by atoms with Gasteiger partial charge in [0.25, 0.3) is 0 Å². The SMILES string of the molecule is O=C1OC2CCCC2=C1c1ccccc1. The summed E-state index contributed by atoms with van der Waals surface area (Å²) in [5.41, 5.74) is 3.03. The number of ether oxygens (including phenoxy) is 1. The third kappa shape index (κ3) is 1.29. The molecule has 1 aliphatic carbocycles. The summed E-state index contributed by atoms with van der Waals surface area (Å²) < 4.78 is 5.34. The van der Waals surface area contributed by atoms with Gasteiger partial charge in [-0.2, -0.15) is 0 Å². The molecule has 3 rings (SSSR count). The van der Waals surface area contributed by atoms with Gasteiger partial charge >= 0.3 is 5.97 Å². The van der Waals surface area contributed by atoms with Crippen molar-refractivity contribution in [3.05, 3.63) is 41.5 Å². The van der Waals surface area contributed by atoms with Crippen LogP contribution in [0.5, 0.6) is 0 Å². The summed E-state index contributed by atoms with van der Waals surface area (Å²) in [7, 11) is 0. The highest BCUT2D eigenvalue weighted by atomic mass is 16.5. The van der Waals surface area contributed by atoms with E-state index in [1.165, 1.54) is 5.57 Å². The third-order valence-electron chi connectivity index (χ3n) is 3.14. The number of benzene rings is 1. The Morgan fingerprint density at radius 3 is 2.80 bits per heavy atom. The fourth-order valence-electron chi connectivity index (χ4n) is 2.46. The topological polar surface area (TPSA) is 26.3 Å². The van der Waals surface area contributed by atoms with E-state index in [1.54, 1.807) is 0 Å². The summed E-state index contributed by atoms with van der Waals surface area (Å²) in [6, 6.07) is 9.83. The highest BCUT2D eigenvalue weighted by molar-refractivity contribution is 6.19. The second kappa shape index (κ2) is 3.23. The van der Waals surface area contributed by atoms with Crippen molar-refractivity contribution in [3.8, 4) is 0 Å². The first-order chi connectivity index (χ1) is 7.36. The number of rotatable bonds is 1. The van der Waals surface area contributed by atoms with Crippen LogP contribution in [0.1, 0.15) is 24.8 Å². The van der Waals surface area contributed by atoms with E-state index in [-0.39, 0.29) is 12.1 Å². The zero-order valence-electron chi connectivity index (χ0n) is 8.40. The highest BCUT2D eigenvalue weighted by Gasteiger charge is 2.37. The highest BCUT2D eigenvalue weighted by Crippen LogP contribution is 2.40. The minimum absolute atomic E-state index is 0.0766. The molecule has 0 spiro atoms. The molecule has 2 heteroatoms. The van der Waals surface area contributed by atoms with E-state index in [1.807, 2.05) is 30.3 Å². The molecule has 0 radical (unpaired) electrons. The maximum Gasteiger partial charge on any atom is 0.339 e. The molecule has 15 heavy (non-hydrogen) atoms. The summed E-state index contributed by atoms with van der Waals surface area (Å²) >= 11 is 0. The van der Waals surface area contributed by atoms with Gasteiger partial charge < -0.3 is 4.74 Å². The van der Waals surface area contributed by atoms with E-state index in [9.17, 15) is 4.79 Å². The lowest BCUT2D eigenvalue weighted by Crippen LogP contribution is -2.06. The van der Waals surface area contributed by atoms with Gasteiger partial charge in [-0.3, -0.25) is 0 Å². The van der Waals surface area contributed by atoms with Gasteiger partial charge in [-0.15, -0.1) is 0 Å². The lowest BCUT2D eigenvalue weighted by Gasteiger charge is -2.01. The number of esters is 1. The number of hydrogen-bond donors (Lipinski definition) is 0. The van der Waals surface area contributed by atoms with Gasteiger partial charge in [0, 0.05) is 0 Å². The monoisotopic (exact) mass is 200 g/mol. The molecule has 76 valence electrons. The van der Waals surface area contributed by atoms with Gasteiger partial charge in [-0.05, 0) is 30.4 Å². The van der Waals surface area contributed by atoms with E-state index < -0.39 is 0 Å². The number of carbonyl (C=O) groups is 1. The zero-order valence-corrected chi connectivity index (χ0v) is 8.40. The molecule has 1 heterocycles. The van der Waals surface area contributed by atoms with Crippen LogP contribution in [-0.4, -0.2) is 12.1 Å². The van der Waals surface area contributed by atoms with Crippen molar-refractivity contribution in [1.29, 1.82) is 0 Å². The molecule has 0 aromatic heterocycles. The fourth-order valence-corrected chi connectivity index (χ4v) is 2.46. The molecule has 0 saturated heterocycles. The average molecular weight is 200 g/mol. The number of hydrogen-bond acceptors (Lipinski definition) is 2. The smallest absolute Gasteiger partial charge is 0.339 e. The molecule has 0 N–H and O–H groups in total. The molecule has 1 saturated carbocycles. The van der Waals surface area contributed by atoms with Gasteiger partial charge in [-0.25, -0.2) is 4.79 Å². The third-order valence-corrected chi connectivity index (χ3v) is 3.14. The molecule has 1 atom stereocenters. The number of fused-ring (bicyclic) bond motifs is 1. The Labute approximate surface area is 88.6 Å². The first-order valence-corrected chi connectivity index (χ1v) is 5.36. The quantitative estimate of drug-likeness (QED) is 0.651. The summed E-state index contributed by atoms with van der Waals surface area (Å²) in [6.45, 7) is 0. The molecule has 1 aromatic carbocycles. The van der Waals surface area contributed by atoms with Gasteiger partial charge in [0.1, 0.15) is 6.10 Å². The van der Waals surface area contributed by atoms with E-state index in [0.29, 0.717) is 0 Å². The molecular weight excluding hydrogens is 188 g/mol. The first kappa shape index (κ1) is 8.72. The van der Waals surface area contributed by atoms with Crippen LogP contribution >= 0.6 is 0 Å². The van der Waals surface area contributed by atoms with Crippen LogP contribution in [-0.2, 0) is 9.53 Å². The molecule has 2 nitrogen and oxygen atoms in total. The van der Waals surface area contributed by atoms with Crippen LogP contribution in [0.25, 0.3) is 5.57 Å². The van der Waals surface area contributed by atoms with Crippen molar-refractivity contribution in [2.45, 2.75) is 25.4 Å². The van der Waals surface area contributed by atoms with Crippen LogP contribution in [0.15, 0.2) is 35.9 Å². The van der Waals surface area contributed by atoms with Crippen molar-refractivity contribution >= 4 is 11.5 Å². The summed E-state index contributed by atoms with van der Waals surface area (Å²) in [4.78, 5) is 11.7. The molecule has 0 amide bonds. The minimum atomic E-state index is -0.138. The molecular formula is C13H12O2. The lowest BCUT2D eigenvalue weighted by atomic mass is 10.0. The van der Waals surface area contributed by atoms with Gasteiger partial charge in [-0.1, -0.05) is 30.3 Å². The van der Waals surface area contributed by atoms with Gasteiger partial charge in [0.15, 0.2) is 0 Å². The molecule has 2 aliphatic rings. The lowest BCUT2D eigenvalue weighted by molar-refractivity contribution is -0.137. The molecule has 1 aromatic rings. The van der Waals surface area contributed by atoms with E-state index >= 15 is 0 Å². The standard InChI is InChI=1S/C13H12O2/c14-13-12(9-5-2-1-3-6-9)10-7-4-8-11(10)15-13/h1-3,5-6,11H,4,7-8H2. The number of carbonyl (C=O) groups excluding carboxylic acids is 1. The van der Waals surface area contributed by atoms with Gasteiger partial charge in [0.2, 0.25) is 0 Å². The minimum Gasteiger partial charge on any atom is -0.454 e. The second-order valence-corrected chi connectivity index (χ2v) is 4.05. The zero-order chi connectivity index (χ0) is 10.3. The maximum atomic E-state index is 11.7. The van der Waals surface area contributed by atoms with E-state index in [2.05, 4.69) is 0 Å². The predicted molar refractivity (Wildman–Crippen MR) is 57.1 cm³/mol. The van der Waals surface area contributed by atoms with Crippen LogP contribution in [0.2, 0.25) is 0 Å². The van der Waals surface area contributed by atoms with Crippen LogP contribution in [0.3, 0.4) is 0 Å². The first-order valence-electron chi connectivity index (χ1n) is 5.36. The normalized spacial score (nSPS) is 24.3. The van der Waals surface area contributed by atoms with Crippen molar-refractivity contribution in [2.75, 3.05) is 0 Å². The van der Waals surface area contributed by atoms with Crippen LogP contribution in [0, 0.1) is 0 Å². The maximum absolute atomic E-state index is 11.7. The fraction of sp³-hybridized carbons (Fsp3) is 0.308. The largest absolute Gasteiger partial charge is 0.454 e. The molecule has 1 fully saturated rings. The van der Waals surface area contributed by atoms with Crippen molar-refractivity contribution in [2.24, 2.45) is 0 Å². The Balaban J connectivity index is 2.11. The Morgan fingerprint density at radius 1 is 1.20 bits per heavy atom. The molecule has 1 unspecified atom stereocenters. The Hall–Kier alpha value is -1.57. The Morgan fingerprint density at radius 2 is 2.00 bits per heavy atom. The van der Waals surface area contributed by atoms with E-state index in [0.717, 1.165) is 30.4 Å². The average Bonchev–Trinajstić information content (AvgIpc) is 2.78. The molecule has 0 bridgehead atoms. The van der Waals surface area contributed by atoms with Crippen LogP contribution < -0.4 is 0 Å². The van der Waals surface area contributed by atoms with Crippen molar-refractivity contribution in [3.63, 3.8) is 0 Å².